The summed E-state index contributed by atoms with van der Waals surface area (Å²) in [6.07, 6.45) is 0. The van der Waals surface area contributed by atoms with Crippen LogP contribution in [0.25, 0.3) is 15.8 Å². The molecule has 0 aliphatic carbocycles. The van der Waals surface area contributed by atoms with Gasteiger partial charge in [-0.3, -0.25) is 4.99 Å². The number of halogens is 1. The average Bonchev–Trinajstić information content (AvgIpc) is 3.12. The molecule has 2 aliphatic rings. The number of fused-ring (bicyclic) bond motifs is 2. The molecule has 2 aliphatic heterocycles. The lowest BCUT2D eigenvalue weighted by atomic mass is 10.0. The van der Waals surface area contributed by atoms with Gasteiger partial charge in [0.1, 0.15) is 0 Å². The Morgan fingerprint density at radius 2 is 2.19 bits per heavy atom. The third-order valence-corrected chi connectivity index (χ3v) is 6.42. The van der Waals surface area contributed by atoms with Crippen LogP contribution in [-0.4, -0.2) is 23.2 Å². The number of thioether (sulfide) groups is 1. The van der Waals surface area contributed by atoms with Gasteiger partial charge in [-0.1, -0.05) is 37.2 Å². The Balaban J connectivity index is 1.92. The second-order valence-electron chi connectivity index (χ2n) is 5.58. The maximum atomic E-state index is 6.48. The van der Waals surface area contributed by atoms with Crippen molar-refractivity contribution in [2.75, 3.05) is 13.1 Å². The lowest BCUT2D eigenvalue weighted by Gasteiger charge is -2.18. The van der Waals surface area contributed by atoms with E-state index in [9.17, 15) is 0 Å². The molecular formula is C16H15ClN2S2. The van der Waals surface area contributed by atoms with Gasteiger partial charge in [0.25, 0.3) is 0 Å². The van der Waals surface area contributed by atoms with Crippen LogP contribution in [0.5, 0.6) is 0 Å². The summed E-state index contributed by atoms with van der Waals surface area (Å²) >= 11 is 10.0. The van der Waals surface area contributed by atoms with Crippen LogP contribution in [0.3, 0.4) is 0 Å². The second kappa shape index (κ2) is 5.04. The molecule has 0 saturated carbocycles. The number of rotatable bonds is 2. The molecule has 0 N–H and O–H groups in total. The van der Waals surface area contributed by atoms with E-state index < -0.39 is 0 Å². The van der Waals surface area contributed by atoms with Gasteiger partial charge in [0.15, 0.2) is 5.17 Å². The smallest absolute Gasteiger partial charge is 0.168 e. The van der Waals surface area contributed by atoms with Crippen molar-refractivity contribution in [3.63, 3.8) is 0 Å². The molecule has 4 rings (SSSR count). The van der Waals surface area contributed by atoms with Gasteiger partial charge in [-0.2, -0.15) is 0 Å². The number of hydrogen-bond donors (Lipinski definition) is 0. The SMILES string of the molecule is CC(C)C1=C(c2cc(Cl)c3ccsc3c2)N2CCN=C2S1. The highest BCUT2D eigenvalue weighted by molar-refractivity contribution is 8.17. The van der Waals surface area contributed by atoms with Crippen LogP contribution in [-0.2, 0) is 0 Å². The Bertz CT molecular complexity index is 789. The van der Waals surface area contributed by atoms with E-state index in [0.29, 0.717) is 5.92 Å². The average molecular weight is 335 g/mol. The fraction of sp³-hybridized carbons (Fsp3) is 0.312. The van der Waals surface area contributed by atoms with Crippen LogP contribution in [0.4, 0.5) is 0 Å². The van der Waals surface area contributed by atoms with Crippen LogP contribution in [0.15, 0.2) is 33.5 Å². The summed E-state index contributed by atoms with van der Waals surface area (Å²) in [6.45, 7) is 6.37. The molecule has 5 heteroatoms. The Kier molecular flexibility index (Phi) is 3.28. The molecule has 1 aromatic carbocycles. The molecule has 0 fully saturated rings. The number of hydrogen-bond acceptors (Lipinski definition) is 4. The lowest BCUT2D eigenvalue weighted by molar-refractivity contribution is 0.641. The molecule has 1 aromatic heterocycles. The number of nitrogens with zero attached hydrogens (tertiary/aromatic N) is 2. The highest BCUT2D eigenvalue weighted by atomic mass is 35.5. The minimum Gasteiger partial charge on any atom is -0.318 e. The summed E-state index contributed by atoms with van der Waals surface area (Å²) in [7, 11) is 0. The van der Waals surface area contributed by atoms with Gasteiger partial charge < -0.3 is 4.90 Å². The molecule has 3 heterocycles. The number of allylic oxidation sites excluding steroid dienone is 1. The van der Waals surface area contributed by atoms with Crippen molar-refractivity contribution in [2.24, 2.45) is 10.9 Å². The highest BCUT2D eigenvalue weighted by Gasteiger charge is 2.34. The number of aliphatic imine (C=N–C) groups is 1. The van der Waals surface area contributed by atoms with E-state index in [-0.39, 0.29) is 0 Å². The van der Waals surface area contributed by atoms with Gasteiger partial charge in [-0.25, -0.2) is 0 Å². The zero-order valence-electron chi connectivity index (χ0n) is 11.9. The van der Waals surface area contributed by atoms with Crippen molar-refractivity contribution in [2.45, 2.75) is 13.8 Å². The van der Waals surface area contributed by atoms with Crippen LogP contribution in [0, 0.1) is 5.92 Å². The summed E-state index contributed by atoms with van der Waals surface area (Å²) in [4.78, 5) is 8.37. The monoisotopic (exact) mass is 334 g/mol. The highest BCUT2D eigenvalue weighted by Crippen LogP contribution is 2.46. The molecule has 0 amide bonds. The number of amidine groups is 1. The molecule has 0 saturated heterocycles. The van der Waals surface area contributed by atoms with Gasteiger partial charge >= 0.3 is 0 Å². The van der Waals surface area contributed by atoms with E-state index in [4.69, 9.17) is 11.6 Å². The summed E-state index contributed by atoms with van der Waals surface area (Å²) in [5.41, 5.74) is 2.53. The van der Waals surface area contributed by atoms with Crippen LogP contribution < -0.4 is 0 Å². The predicted octanol–water partition coefficient (Wildman–Crippen LogP) is 5.30. The minimum atomic E-state index is 0.496. The van der Waals surface area contributed by atoms with Gasteiger partial charge in [0, 0.05) is 32.1 Å². The summed E-state index contributed by atoms with van der Waals surface area (Å²) in [6, 6.07) is 6.47. The Hall–Kier alpha value is -0.970. The van der Waals surface area contributed by atoms with E-state index in [2.05, 4.69) is 47.3 Å². The first-order valence-corrected chi connectivity index (χ1v) is 9.13. The first-order chi connectivity index (χ1) is 10.1. The molecule has 0 spiro atoms. The second-order valence-corrected chi connectivity index (χ2v) is 7.94. The molecule has 21 heavy (non-hydrogen) atoms. The molecule has 0 bridgehead atoms. The third-order valence-electron chi connectivity index (χ3n) is 3.83. The first-order valence-electron chi connectivity index (χ1n) is 7.06. The van der Waals surface area contributed by atoms with Crippen LogP contribution in [0.1, 0.15) is 19.4 Å². The zero-order valence-corrected chi connectivity index (χ0v) is 14.3. The Morgan fingerprint density at radius 1 is 1.33 bits per heavy atom. The van der Waals surface area contributed by atoms with E-state index in [1.807, 2.05) is 11.8 Å². The Morgan fingerprint density at radius 3 is 3.00 bits per heavy atom. The number of benzene rings is 1. The molecule has 108 valence electrons. The molecule has 2 nitrogen and oxygen atoms in total. The van der Waals surface area contributed by atoms with Crippen molar-refractivity contribution in [3.05, 3.63) is 39.1 Å². The minimum absolute atomic E-state index is 0.496. The predicted molar refractivity (Wildman–Crippen MR) is 95.2 cm³/mol. The van der Waals surface area contributed by atoms with Crippen LogP contribution >= 0.6 is 34.7 Å². The maximum absolute atomic E-state index is 6.48. The van der Waals surface area contributed by atoms with Crippen molar-refractivity contribution in [1.82, 2.24) is 4.90 Å². The van der Waals surface area contributed by atoms with Gasteiger partial charge in [0.05, 0.1) is 12.2 Å². The van der Waals surface area contributed by atoms with E-state index in [1.165, 1.54) is 20.9 Å². The normalized spacial score (nSPS) is 18.1. The van der Waals surface area contributed by atoms with Crippen molar-refractivity contribution < 1.29 is 0 Å². The van der Waals surface area contributed by atoms with Crippen molar-refractivity contribution >= 4 is 55.7 Å². The molecule has 0 unspecified atom stereocenters. The molecule has 2 aromatic rings. The van der Waals surface area contributed by atoms with Crippen molar-refractivity contribution in [1.29, 1.82) is 0 Å². The van der Waals surface area contributed by atoms with Crippen molar-refractivity contribution in [3.8, 4) is 0 Å². The fourth-order valence-corrected chi connectivity index (χ4v) is 5.25. The van der Waals surface area contributed by atoms with Gasteiger partial charge in [-0.15, -0.1) is 11.3 Å². The zero-order chi connectivity index (χ0) is 14.6. The van der Waals surface area contributed by atoms with Gasteiger partial charge in [0.2, 0.25) is 0 Å². The Labute approximate surface area is 137 Å². The maximum Gasteiger partial charge on any atom is 0.168 e. The topological polar surface area (TPSA) is 15.6 Å². The summed E-state index contributed by atoms with van der Waals surface area (Å²) < 4.78 is 1.25. The van der Waals surface area contributed by atoms with E-state index >= 15 is 0 Å². The lowest BCUT2D eigenvalue weighted by Crippen LogP contribution is -2.20. The fourth-order valence-electron chi connectivity index (χ4n) is 2.85. The third kappa shape index (κ3) is 2.12. The standard InChI is InChI=1S/C16H15ClN2S2/c1-9(2)15-14(19-5-4-18-16(19)21-15)10-7-12(17)11-3-6-20-13(11)8-10/h3,6-9H,4-5H2,1-2H3. The summed E-state index contributed by atoms with van der Waals surface area (Å²) in [5, 5.41) is 5.24. The molecular weight excluding hydrogens is 320 g/mol. The molecule has 0 radical (unpaired) electrons. The summed E-state index contributed by atoms with van der Waals surface area (Å²) in [5.74, 6) is 0.496. The van der Waals surface area contributed by atoms with E-state index in [0.717, 1.165) is 28.7 Å². The van der Waals surface area contributed by atoms with Gasteiger partial charge in [-0.05, 0) is 29.5 Å². The largest absolute Gasteiger partial charge is 0.318 e. The first kappa shape index (κ1) is 13.7. The van der Waals surface area contributed by atoms with Crippen LogP contribution in [0.2, 0.25) is 5.02 Å². The van der Waals surface area contributed by atoms with E-state index in [1.54, 1.807) is 11.3 Å². The molecule has 0 atom stereocenters. The number of thiophene rings is 1. The quantitative estimate of drug-likeness (QED) is 0.740.